The van der Waals surface area contributed by atoms with Gasteiger partial charge >= 0.3 is 0 Å². The number of carbonyl (C=O) groups excluding carboxylic acids is 1. The van der Waals surface area contributed by atoms with Crippen LogP contribution in [0.1, 0.15) is 27.9 Å². The minimum atomic E-state index is -0.0243. The fourth-order valence-electron chi connectivity index (χ4n) is 3.53. The van der Waals surface area contributed by atoms with E-state index in [4.69, 9.17) is 4.52 Å². The maximum absolute atomic E-state index is 12.9. The molecule has 2 aromatic carbocycles. The van der Waals surface area contributed by atoms with Crippen molar-refractivity contribution >= 4 is 5.91 Å². The number of rotatable bonds is 4. The van der Waals surface area contributed by atoms with E-state index >= 15 is 0 Å². The van der Waals surface area contributed by atoms with Crippen molar-refractivity contribution in [3.05, 3.63) is 84.0 Å². The number of hydrogen-bond acceptors (Lipinski definition) is 5. The van der Waals surface area contributed by atoms with E-state index in [0.717, 1.165) is 16.9 Å². The summed E-state index contributed by atoms with van der Waals surface area (Å²) in [7, 11) is 0. The van der Waals surface area contributed by atoms with Crippen molar-refractivity contribution in [2.75, 3.05) is 13.1 Å². The molecule has 1 aliphatic heterocycles. The molecule has 1 fully saturated rings. The summed E-state index contributed by atoms with van der Waals surface area (Å²) in [5, 5.41) is 8.46. The molecular weight excluding hydrogens is 366 g/mol. The number of carbonyl (C=O) groups is 1. The van der Waals surface area contributed by atoms with Crippen LogP contribution < -0.4 is 0 Å². The summed E-state index contributed by atoms with van der Waals surface area (Å²) in [5.74, 6) is 1.19. The van der Waals surface area contributed by atoms with E-state index < -0.39 is 0 Å². The number of benzene rings is 2. The summed E-state index contributed by atoms with van der Waals surface area (Å²) < 4.78 is 7.21. The zero-order chi connectivity index (χ0) is 19.8. The van der Waals surface area contributed by atoms with E-state index in [-0.39, 0.29) is 11.8 Å². The lowest BCUT2D eigenvalue weighted by molar-refractivity contribution is 0.0568. The third kappa shape index (κ3) is 3.10. The number of para-hydroxylation sites is 1. The van der Waals surface area contributed by atoms with Crippen LogP contribution in [0, 0.1) is 6.92 Å². The van der Waals surface area contributed by atoms with E-state index in [0.29, 0.717) is 30.4 Å². The molecule has 1 saturated heterocycles. The number of nitrogens with zero attached hydrogens (tertiary/aromatic N) is 5. The number of amides is 1. The number of likely N-dealkylation sites (tertiary alicyclic amines) is 1. The molecule has 4 aromatic rings. The van der Waals surface area contributed by atoms with Crippen molar-refractivity contribution < 1.29 is 9.32 Å². The Morgan fingerprint density at radius 2 is 1.72 bits per heavy atom. The maximum Gasteiger partial charge on any atom is 0.257 e. The molecule has 0 bridgehead atoms. The molecule has 0 saturated carbocycles. The molecule has 0 radical (unpaired) electrons. The fourth-order valence-corrected chi connectivity index (χ4v) is 3.53. The Morgan fingerprint density at radius 3 is 2.45 bits per heavy atom. The van der Waals surface area contributed by atoms with Crippen molar-refractivity contribution in [1.82, 2.24) is 24.8 Å². The molecule has 7 heteroatoms. The van der Waals surface area contributed by atoms with Crippen LogP contribution in [-0.4, -0.2) is 43.8 Å². The van der Waals surface area contributed by atoms with Gasteiger partial charge in [0.15, 0.2) is 0 Å². The molecule has 1 aliphatic rings. The fraction of sp³-hybridized carbons (Fsp3) is 0.182. The van der Waals surface area contributed by atoms with Crippen molar-refractivity contribution in [1.29, 1.82) is 0 Å². The predicted molar refractivity (Wildman–Crippen MR) is 107 cm³/mol. The Labute approximate surface area is 167 Å². The van der Waals surface area contributed by atoms with E-state index in [2.05, 4.69) is 15.2 Å². The van der Waals surface area contributed by atoms with Crippen molar-refractivity contribution in [2.45, 2.75) is 12.8 Å². The maximum atomic E-state index is 12.9. The zero-order valence-corrected chi connectivity index (χ0v) is 15.9. The molecule has 1 amide bonds. The highest BCUT2D eigenvalue weighted by atomic mass is 16.5. The van der Waals surface area contributed by atoms with Gasteiger partial charge in [0.1, 0.15) is 0 Å². The quantitative estimate of drug-likeness (QED) is 0.538. The Balaban J connectivity index is 1.28. The molecule has 7 nitrogen and oxygen atoms in total. The van der Waals surface area contributed by atoms with Crippen LogP contribution in [0.2, 0.25) is 0 Å². The molecule has 0 atom stereocenters. The van der Waals surface area contributed by atoms with Crippen LogP contribution in [0.3, 0.4) is 0 Å². The largest absolute Gasteiger partial charge is 0.339 e. The molecule has 0 spiro atoms. The summed E-state index contributed by atoms with van der Waals surface area (Å²) in [6.45, 7) is 3.03. The van der Waals surface area contributed by atoms with Gasteiger partial charge in [0.05, 0.1) is 29.1 Å². The van der Waals surface area contributed by atoms with E-state index in [9.17, 15) is 4.79 Å². The second-order valence-electron chi connectivity index (χ2n) is 7.12. The SMILES string of the molecule is Cc1c(C(=O)N2CC(c3nc(-c4ccccc4)no3)C2)cnn1-c1ccccc1. The van der Waals surface area contributed by atoms with Crippen LogP contribution in [-0.2, 0) is 0 Å². The molecular formula is C22H19N5O2. The van der Waals surface area contributed by atoms with Gasteiger partial charge in [0.2, 0.25) is 11.7 Å². The van der Waals surface area contributed by atoms with Crippen LogP contribution in [0.5, 0.6) is 0 Å². The van der Waals surface area contributed by atoms with E-state index in [1.54, 1.807) is 15.8 Å². The zero-order valence-electron chi connectivity index (χ0n) is 15.9. The van der Waals surface area contributed by atoms with Crippen molar-refractivity contribution in [3.63, 3.8) is 0 Å². The molecule has 144 valence electrons. The van der Waals surface area contributed by atoms with Crippen molar-refractivity contribution in [2.24, 2.45) is 0 Å². The van der Waals surface area contributed by atoms with Gasteiger partial charge in [-0.25, -0.2) is 4.68 Å². The van der Waals surface area contributed by atoms with Gasteiger partial charge in [-0.3, -0.25) is 4.79 Å². The molecule has 0 aliphatic carbocycles. The van der Waals surface area contributed by atoms with Crippen LogP contribution in [0.15, 0.2) is 71.4 Å². The van der Waals surface area contributed by atoms with Gasteiger partial charge in [-0.15, -0.1) is 0 Å². The Kier molecular flexibility index (Phi) is 4.20. The second kappa shape index (κ2) is 7.01. The first-order chi connectivity index (χ1) is 14.2. The van der Waals surface area contributed by atoms with Gasteiger partial charge in [0.25, 0.3) is 5.91 Å². The standard InChI is InChI=1S/C22H19N5O2/c1-15-19(12-23-27(15)18-10-6-3-7-11-18)22(28)26-13-17(14-26)21-24-20(25-29-21)16-8-4-2-5-9-16/h2-12,17H,13-14H2,1H3. The predicted octanol–water partition coefficient (Wildman–Crippen LogP) is 3.47. The summed E-state index contributed by atoms with van der Waals surface area (Å²) in [5.41, 5.74) is 3.29. The second-order valence-corrected chi connectivity index (χ2v) is 7.12. The Bertz CT molecular complexity index is 1140. The van der Waals surface area contributed by atoms with Gasteiger partial charge in [0, 0.05) is 18.7 Å². The first kappa shape index (κ1) is 17.4. The molecule has 3 heterocycles. The minimum Gasteiger partial charge on any atom is -0.339 e. The van der Waals surface area contributed by atoms with Gasteiger partial charge in [-0.2, -0.15) is 10.1 Å². The summed E-state index contributed by atoms with van der Waals surface area (Å²) in [4.78, 5) is 19.2. The van der Waals surface area contributed by atoms with Crippen LogP contribution in [0.25, 0.3) is 17.1 Å². The average molecular weight is 385 g/mol. The molecule has 0 unspecified atom stereocenters. The van der Waals surface area contributed by atoms with Gasteiger partial charge in [-0.05, 0) is 19.1 Å². The summed E-state index contributed by atoms with van der Waals surface area (Å²) in [6, 6.07) is 19.5. The molecule has 2 aromatic heterocycles. The average Bonchev–Trinajstić information content (AvgIpc) is 3.35. The lowest BCUT2D eigenvalue weighted by Crippen LogP contribution is -2.48. The van der Waals surface area contributed by atoms with E-state index in [1.165, 1.54) is 0 Å². The normalized spacial score (nSPS) is 14.0. The summed E-state index contributed by atoms with van der Waals surface area (Å²) in [6.07, 6.45) is 1.64. The topological polar surface area (TPSA) is 77.1 Å². The molecule has 0 N–H and O–H groups in total. The van der Waals surface area contributed by atoms with Gasteiger partial charge < -0.3 is 9.42 Å². The lowest BCUT2D eigenvalue weighted by Gasteiger charge is -2.36. The number of hydrogen-bond donors (Lipinski definition) is 0. The lowest BCUT2D eigenvalue weighted by atomic mass is 9.99. The highest BCUT2D eigenvalue weighted by Crippen LogP contribution is 2.29. The first-order valence-corrected chi connectivity index (χ1v) is 9.49. The highest BCUT2D eigenvalue weighted by molar-refractivity contribution is 5.95. The highest BCUT2D eigenvalue weighted by Gasteiger charge is 2.37. The smallest absolute Gasteiger partial charge is 0.257 e. The van der Waals surface area contributed by atoms with Gasteiger partial charge in [-0.1, -0.05) is 53.7 Å². The molecule has 5 rings (SSSR count). The monoisotopic (exact) mass is 385 g/mol. The minimum absolute atomic E-state index is 0.0243. The van der Waals surface area contributed by atoms with Crippen LogP contribution >= 0.6 is 0 Å². The molecule has 29 heavy (non-hydrogen) atoms. The van der Waals surface area contributed by atoms with Crippen LogP contribution in [0.4, 0.5) is 0 Å². The third-order valence-electron chi connectivity index (χ3n) is 5.23. The summed E-state index contributed by atoms with van der Waals surface area (Å²) >= 11 is 0. The Morgan fingerprint density at radius 1 is 1.03 bits per heavy atom. The first-order valence-electron chi connectivity index (χ1n) is 9.49. The number of aromatic nitrogens is 4. The third-order valence-corrected chi connectivity index (χ3v) is 5.23. The van der Waals surface area contributed by atoms with E-state index in [1.807, 2.05) is 67.6 Å². The Hall–Kier alpha value is -3.74. The van der Waals surface area contributed by atoms with Crippen molar-refractivity contribution in [3.8, 4) is 17.1 Å².